The molecular weight excluding hydrogens is 436 g/mol. The third-order valence-corrected chi connectivity index (χ3v) is 6.98. The molecule has 1 aliphatic carbocycles. The van der Waals surface area contributed by atoms with Crippen molar-refractivity contribution in [2.45, 2.75) is 12.8 Å². The van der Waals surface area contributed by atoms with Crippen LogP contribution < -0.4 is 19.4 Å². The molecule has 0 radical (unpaired) electrons. The highest BCUT2D eigenvalue weighted by Gasteiger charge is 2.48. The molecule has 2 aromatic rings. The van der Waals surface area contributed by atoms with Crippen molar-refractivity contribution >= 4 is 34.6 Å². The molecule has 2 fully saturated rings. The molecule has 0 aromatic heterocycles. The Kier molecular flexibility index (Phi) is 5.69. The standard InChI is InChI=1S/C25H26N4O5/c1-34-19-9-6-17(7-10-19)26-12-14-27(15-13-26)22-11-8-18(16-23(22)29(32)33)28-24(30)20-4-2-3-5-21(20)25(28)31/h2-3,6-11,16,20-21H,4-5,12-15H2,1H3/t20-,21-/m1/s1. The largest absolute Gasteiger partial charge is 0.497 e. The molecule has 0 bridgehead atoms. The van der Waals surface area contributed by atoms with Crippen LogP contribution in [0.1, 0.15) is 12.8 Å². The number of carbonyl (C=O) groups excluding carboxylic acids is 2. The van der Waals surface area contributed by atoms with Crippen molar-refractivity contribution in [3.05, 3.63) is 64.7 Å². The van der Waals surface area contributed by atoms with Gasteiger partial charge < -0.3 is 14.5 Å². The zero-order valence-corrected chi connectivity index (χ0v) is 18.9. The summed E-state index contributed by atoms with van der Waals surface area (Å²) in [6.45, 7) is 2.66. The van der Waals surface area contributed by atoms with E-state index < -0.39 is 4.92 Å². The van der Waals surface area contributed by atoms with Crippen molar-refractivity contribution in [2.75, 3.05) is 48.0 Å². The van der Waals surface area contributed by atoms with Gasteiger partial charge in [0.15, 0.2) is 0 Å². The summed E-state index contributed by atoms with van der Waals surface area (Å²) in [6, 6.07) is 12.5. The highest BCUT2D eigenvalue weighted by atomic mass is 16.6. The van der Waals surface area contributed by atoms with Crippen LogP contribution in [-0.2, 0) is 9.59 Å². The number of imide groups is 1. The van der Waals surface area contributed by atoms with E-state index in [-0.39, 0.29) is 35.0 Å². The molecule has 0 N–H and O–H groups in total. The number of methoxy groups -OCH3 is 1. The van der Waals surface area contributed by atoms with Crippen LogP contribution in [-0.4, -0.2) is 50.0 Å². The van der Waals surface area contributed by atoms with E-state index in [1.165, 1.54) is 6.07 Å². The molecule has 0 spiro atoms. The van der Waals surface area contributed by atoms with E-state index in [1.54, 1.807) is 19.2 Å². The minimum atomic E-state index is -0.436. The number of piperazine rings is 1. The number of allylic oxidation sites excluding steroid dienone is 2. The minimum Gasteiger partial charge on any atom is -0.497 e. The van der Waals surface area contributed by atoms with Crippen molar-refractivity contribution in [2.24, 2.45) is 11.8 Å². The number of rotatable bonds is 5. The van der Waals surface area contributed by atoms with Gasteiger partial charge in [0, 0.05) is 37.9 Å². The van der Waals surface area contributed by atoms with Crippen molar-refractivity contribution < 1.29 is 19.2 Å². The van der Waals surface area contributed by atoms with Crippen LogP contribution in [0.2, 0.25) is 0 Å². The predicted molar refractivity (Wildman–Crippen MR) is 128 cm³/mol. The maximum atomic E-state index is 12.9. The first-order valence-electron chi connectivity index (χ1n) is 11.4. The van der Waals surface area contributed by atoms with Crippen molar-refractivity contribution in [1.82, 2.24) is 0 Å². The Morgan fingerprint density at radius 3 is 1.97 bits per heavy atom. The van der Waals surface area contributed by atoms with E-state index in [1.807, 2.05) is 41.3 Å². The molecule has 3 aliphatic rings. The van der Waals surface area contributed by atoms with Crippen molar-refractivity contribution in [3.8, 4) is 5.75 Å². The maximum Gasteiger partial charge on any atom is 0.294 e. The van der Waals surface area contributed by atoms with Gasteiger partial charge in [-0.3, -0.25) is 19.7 Å². The topological polar surface area (TPSA) is 96.2 Å². The van der Waals surface area contributed by atoms with E-state index in [2.05, 4.69) is 4.90 Å². The smallest absolute Gasteiger partial charge is 0.294 e. The Morgan fingerprint density at radius 2 is 1.41 bits per heavy atom. The fourth-order valence-corrected chi connectivity index (χ4v) is 5.12. The van der Waals surface area contributed by atoms with Gasteiger partial charge in [0.1, 0.15) is 11.4 Å². The van der Waals surface area contributed by atoms with Crippen LogP contribution in [0, 0.1) is 22.0 Å². The summed E-state index contributed by atoms with van der Waals surface area (Å²) in [7, 11) is 1.63. The molecule has 0 unspecified atom stereocenters. The number of hydrogen-bond donors (Lipinski definition) is 0. The average Bonchev–Trinajstić information content (AvgIpc) is 3.13. The fraction of sp³-hybridized carbons (Fsp3) is 0.360. The Hall–Kier alpha value is -3.88. The maximum absolute atomic E-state index is 12.9. The molecule has 5 rings (SSSR count). The zero-order valence-electron chi connectivity index (χ0n) is 18.9. The van der Waals surface area contributed by atoms with Crippen LogP contribution in [0.3, 0.4) is 0 Å². The molecule has 2 heterocycles. The third kappa shape index (κ3) is 3.76. The highest BCUT2D eigenvalue weighted by Crippen LogP contribution is 2.40. The lowest BCUT2D eigenvalue weighted by Gasteiger charge is -2.37. The Bertz CT molecular complexity index is 1130. The summed E-state index contributed by atoms with van der Waals surface area (Å²) in [5.41, 5.74) is 1.76. The number of nitro benzene ring substituents is 1. The summed E-state index contributed by atoms with van der Waals surface area (Å²) >= 11 is 0. The van der Waals surface area contributed by atoms with Gasteiger partial charge in [0.2, 0.25) is 11.8 Å². The monoisotopic (exact) mass is 462 g/mol. The Morgan fingerprint density at radius 1 is 0.853 bits per heavy atom. The van der Waals surface area contributed by atoms with Gasteiger partial charge in [-0.1, -0.05) is 12.2 Å². The van der Waals surface area contributed by atoms with E-state index in [0.717, 1.165) is 16.3 Å². The quantitative estimate of drug-likeness (QED) is 0.291. The van der Waals surface area contributed by atoms with Crippen LogP contribution in [0.4, 0.5) is 22.7 Å². The van der Waals surface area contributed by atoms with Gasteiger partial charge in [0.25, 0.3) is 5.69 Å². The van der Waals surface area contributed by atoms with Gasteiger partial charge in [-0.25, -0.2) is 4.90 Å². The number of nitro groups is 1. The Labute approximate surface area is 197 Å². The molecule has 2 amide bonds. The molecular formula is C25H26N4O5. The number of fused-ring (bicyclic) bond motifs is 1. The normalized spacial score (nSPS) is 22.2. The summed E-state index contributed by atoms with van der Waals surface area (Å²) in [6.07, 6.45) is 4.91. The lowest BCUT2D eigenvalue weighted by molar-refractivity contribution is -0.384. The number of anilines is 3. The third-order valence-electron chi connectivity index (χ3n) is 6.98. The minimum absolute atomic E-state index is 0.0935. The molecule has 2 saturated heterocycles. The van der Waals surface area contributed by atoms with E-state index in [4.69, 9.17) is 4.74 Å². The van der Waals surface area contributed by atoms with Gasteiger partial charge in [-0.05, 0) is 49.2 Å². The fourth-order valence-electron chi connectivity index (χ4n) is 5.12. The SMILES string of the molecule is COc1ccc(N2CCN(c3ccc(N4C(=O)[C@@H]5CC=CC[C@H]5C4=O)cc3[N+](=O)[O-])CC2)cc1. The van der Waals surface area contributed by atoms with E-state index >= 15 is 0 Å². The molecule has 34 heavy (non-hydrogen) atoms. The van der Waals surface area contributed by atoms with Gasteiger partial charge in [-0.2, -0.15) is 0 Å². The summed E-state index contributed by atoms with van der Waals surface area (Å²) in [5, 5.41) is 12.0. The van der Waals surface area contributed by atoms with E-state index in [0.29, 0.717) is 44.7 Å². The van der Waals surface area contributed by atoms with Crippen LogP contribution in [0.25, 0.3) is 0 Å². The number of amides is 2. The average molecular weight is 463 g/mol. The first kappa shape index (κ1) is 21.9. The molecule has 2 atom stereocenters. The Balaban J connectivity index is 1.35. The number of ether oxygens (including phenoxy) is 1. The van der Waals surface area contributed by atoms with Crippen LogP contribution in [0.5, 0.6) is 5.75 Å². The van der Waals surface area contributed by atoms with Crippen molar-refractivity contribution in [3.63, 3.8) is 0 Å². The first-order valence-corrected chi connectivity index (χ1v) is 11.4. The molecule has 2 aromatic carbocycles. The zero-order chi connectivity index (χ0) is 23.8. The molecule has 2 aliphatic heterocycles. The van der Waals surface area contributed by atoms with Crippen LogP contribution >= 0.6 is 0 Å². The lowest BCUT2D eigenvalue weighted by Crippen LogP contribution is -2.46. The van der Waals surface area contributed by atoms with Crippen LogP contribution in [0.15, 0.2) is 54.6 Å². The predicted octanol–water partition coefficient (Wildman–Crippen LogP) is 3.39. The van der Waals surface area contributed by atoms with Gasteiger partial charge in [-0.15, -0.1) is 0 Å². The highest BCUT2D eigenvalue weighted by molar-refractivity contribution is 6.22. The second kappa shape index (κ2) is 8.81. The van der Waals surface area contributed by atoms with Gasteiger partial charge in [0.05, 0.1) is 29.6 Å². The molecule has 176 valence electrons. The lowest BCUT2D eigenvalue weighted by atomic mass is 9.85. The molecule has 0 saturated carbocycles. The van der Waals surface area contributed by atoms with E-state index in [9.17, 15) is 19.7 Å². The number of benzene rings is 2. The van der Waals surface area contributed by atoms with Crippen molar-refractivity contribution in [1.29, 1.82) is 0 Å². The number of hydrogen-bond acceptors (Lipinski definition) is 7. The summed E-state index contributed by atoms with van der Waals surface area (Å²) in [5.74, 6) is -0.489. The summed E-state index contributed by atoms with van der Waals surface area (Å²) in [4.78, 5) is 42.7. The summed E-state index contributed by atoms with van der Waals surface area (Å²) < 4.78 is 5.22. The van der Waals surface area contributed by atoms with Gasteiger partial charge >= 0.3 is 0 Å². The number of nitrogens with zero attached hydrogens (tertiary/aromatic N) is 4. The second-order valence-electron chi connectivity index (χ2n) is 8.77. The molecule has 9 heteroatoms. The second-order valence-corrected chi connectivity index (χ2v) is 8.77. The first-order chi connectivity index (χ1) is 16.5. The molecule has 9 nitrogen and oxygen atoms in total. The number of carbonyl (C=O) groups is 2.